The van der Waals surface area contributed by atoms with Crippen molar-refractivity contribution in [1.29, 1.82) is 5.26 Å². The molecule has 0 saturated carbocycles. The maximum Gasteiger partial charge on any atom is 0.328 e. The van der Waals surface area contributed by atoms with Gasteiger partial charge in [-0.05, 0) is 30.9 Å². The number of aryl methyl sites for hydroxylation is 1. The van der Waals surface area contributed by atoms with Gasteiger partial charge in [-0.3, -0.25) is 15.0 Å². The van der Waals surface area contributed by atoms with E-state index in [0.717, 1.165) is 5.56 Å². The van der Waals surface area contributed by atoms with Crippen LogP contribution in [0, 0.1) is 11.3 Å². The first-order valence-electron chi connectivity index (χ1n) is 13.4. The van der Waals surface area contributed by atoms with Crippen molar-refractivity contribution in [1.82, 2.24) is 14.9 Å². The molecule has 13 heteroatoms. The lowest BCUT2D eigenvalue weighted by Crippen LogP contribution is -2.40. The molecule has 0 spiro atoms. The maximum atomic E-state index is 13.4. The minimum absolute atomic E-state index is 0.161. The molecule has 2 aromatic rings. The van der Waals surface area contributed by atoms with Crippen LogP contribution in [0.15, 0.2) is 24.0 Å². The zero-order valence-corrected chi connectivity index (χ0v) is 22.9. The fourth-order valence-electron chi connectivity index (χ4n) is 5.46. The summed E-state index contributed by atoms with van der Waals surface area (Å²) in [5, 5.41) is 15.6. The molecule has 214 valence electrons. The molecule has 5 heterocycles. The number of amides is 2. The lowest BCUT2D eigenvalue weighted by Gasteiger charge is -2.30. The molecule has 3 atom stereocenters. The number of methoxy groups -OCH3 is 2. The van der Waals surface area contributed by atoms with Gasteiger partial charge in [0.15, 0.2) is 6.29 Å². The van der Waals surface area contributed by atoms with Crippen LogP contribution in [0.25, 0.3) is 0 Å². The zero-order valence-electron chi connectivity index (χ0n) is 22.9. The van der Waals surface area contributed by atoms with Gasteiger partial charge in [-0.15, -0.1) is 0 Å². The molecule has 2 N–H and O–H groups in total. The second-order valence-electron chi connectivity index (χ2n) is 10.0. The van der Waals surface area contributed by atoms with Crippen LogP contribution in [-0.4, -0.2) is 91.9 Å². The average molecular weight is 562 g/mol. The smallest absolute Gasteiger partial charge is 0.328 e. The summed E-state index contributed by atoms with van der Waals surface area (Å²) in [5.74, 6) is 2.62. The summed E-state index contributed by atoms with van der Waals surface area (Å²) in [7, 11) is 3.15. The lowest BCUT2D eigenvalue weighted by atomic mass is 10.0. The van der Waals surface area contributed by atoms with Crippen molar-refractivity contribution >= 4 is 35.6 Å². The standard InChI is InChI=1S/C28H31N7O6/c1-39-24-5-7-34(23(24)14-37)12-18-8-17-4-3-6-35(27(17)32-21(18)13-36)28(38)33-26-9-20(19(10-29)11-30-26)31-22-15-41-16-25(22)40-2/h8-9,11,13,22,24-25H,3-7,12,15-16H2,1-2H3,(H2,30,31,33,38)/t22-,24+,25-/m1/s1. The summed E-state index contributed by atoms with van der Waals surface area (Å²) in [6.07, 6.45) is 3.60. The molecule has 0 aliphatic carbocycles. The molecule has 3 aliphatic heterocycles. The van der Waals surface area contributed by atoms with E-state index in [1.165, 1.54) is 11.1 Å². The molecule has 2 aromatic heterocycles. The van der Waals surface area contributed by atoms with Gasteiger partial charge in [-0.1, -0.05) is 0 Å². The molecule has 13 nitrogen and oxygen atoms in total. The summed E-state index contributed by atoms with van der Waals surface area (Å²) in [5.41, 5.74) is 2.93. The van der Waals surface area contributed by atoms with E-state index in [4.69, 9.17) is 14.2 Å². The zero-order chi connectivity index (χ0) is 28.9. The molecule has 0 radical (unpaired) electrons. The van der Waals surface area contributed by atoms with Crippen LogP contribution < -0.4 is 15.5 Å². The van der Waals surface area contributed by atoms with E-state index in [0.29, 0.717) is 86.7 Å². The molecular formula is C28H31N7O6. The van der Waals surface area contributed by atoms with E-state index in [1.807, 2.05) is 16.9 Å². The number of carbonyl (C=O) groups is 2. The van der Waals surface area contributed by atoms with Gasteiger partial charge in [-0.25, -0.2) is 19.6 Å². The lowest BCUT2D eigenvalue weighted by molar-refractivity contribution is 0.0795. The quantitative estimate of drug-likeness (QED) is 0.358. The molecule has 0 unspecified atom stereocenters. The molecule has 3 aliphatic rings. The van der Waals surface area contributed by atoms with Crippen molar-refractivity contribution in [3.63, 3.8) is 0 Å². The molecule has 0 bridgehead atoms. The predicted octanol–water partition coefficient (Wildman–Crippen LogP) is 1.91. The summed E-state index contributed by atoms with van der Waals surface area (Å²) in [4.78, 5) is 49.1. The molecular weight excluding hydrogens is 530 g/mol. The average Bonchev–Trinajstić information content (AvgIpc) is 3.62. The number of likely N-dealkylation sites (tertiary alicyclic amines) is 1. The number of rotatable bonds is 8. The van der Waals surface area contributed by atoms with Crippen LogP contribution in [0.4, 0.5) is 22.1 Å². The van der Waals surface area contributed by atoms with Crippen LogP contribution >= 0.6 is 0 Å². The third-order valence-electron chi connectivity index (χ3n) is 7.62. The van der Waals surface area contributed by atoms with Gasteiger partial charge in [0.2, 0.25) is 0 Å². The SMILES string of the molecule is CO[C@H]1CCN(Cc2cc3c(nc2C=O)N(C(=O)Nc2cc(N[C@@H]4COC[C@H]4OC)c(C#N)cn2)CCC3)C1=C=O. The summed E-state index contributed by atoms with van der Waals surface area (Å²) < 4.78 is 16.3. The fourth-order valence-corrected chi connectivity index (χ4v) is 5.46. The number of urea groups is 1. The number of nitrogens with one attached hydrogen (secondary N) is 2. The number of carbonyl (C=O) groups excluding carboxylic acids is 3. The number of aldehydes is 1. The Labute approximate surface area is 237 Å². The van der Waals surface area contributed by atoms with E-state index < -0.39 is 6.03 Å². The summed E-state index contributed by atoms with van der Waals surface area (Å²) in [6, 6.07) is 4.97. The van der Waals surface area contributed by atoms with Crippen LogP contribution in [-0.2, 0) is 32.0 Å². The Morgan fingerprint density at radius 3 is 2.85 bits per heavy atom. The molecule has 2 fully saturated rings. The highest BCUT2D eigenvalue weighted by Crippen LogP contribution is 2.31. The Bertz CT molecular complexity index is 1420. The van der Waals surface area contributed by atoms with Crippen molar-refractivity contribution in [3.8, 4) is 6.07 Å². The summed E-state index contributed by atoms with van der Waals surface area (Å²) in [6.45, 7) is 2.17. The number of aromatic nitrogens is 2. The second-order valence-corrected chi connectivity index (χ2v) is 10.0. The minimum Gasteiger partial charge on any atom is -0.377 e. The predicted molar refractivity (Wildman–Crippen MR) is 147 cm³/mol. The van der Waals surface area contributed by atoms with Gasteiger partial charge in [0.1, 0.15) is 47.2 Å². The number of nitrogens with zero attached hydrogens (tertiary/aromatic N) is 5. The van der Waals surface area contributed by atoms with Gasteiger partial charge in [0.25, 0.3) is 0 Å². The Hall–Kier alpha value is -4.34. The van der Waals surface area contributed by atoms with Crippen molar-refractivity contribution in [2.45, 2.75) is 44.1 Å². The number of pyridine rings is 2. The highest BCUT2D eigenvalue weighted by Gasteiger charge is 2.32. The molecule has 0 aromatic carbocycles. The largest absolute Gasteiger partial charge is 0.377 e. The molecule has 2 saturated heterocycles. The molecule has 41 heavy (non-hydrogen) atoms. The Morgan fingerprint density at radius 2 is 2.12 bits per heavy atom. The van der Waals surface area contributed by atoms with E-state index in [1.54, 1.807) is 20.3 Å². The van der Waals surface area contributed by atoms with Crippen molar-refractivity contribution in [2.24, 2.45) is 0 Å². The third-order valence-corrected chi connectivity index (χ3v) is 7.62. The number of hydrogen-bond acceptors (Lipinski definition) is 11. The first-order valence-corrected chi connectivity index (χ1v) is 13.4. The molecule has 2 amide bonds. The number of hydrogen-bond donors (Lipinski definition) is 2. The van der Waals surface area contributed by atoms with Crippen LogP contribution in [0.1, 0.15) is 40.0 Å². The van der Waals surface area contributed by atoms with Gasteiger partial charge in [-0.2, -0.15) is 5.26 Å². The normalized spacial score (nSPS) is 21.7. The minimum atomic E-state index is -0.459. The fraction of sp³-hybridized carbons (Fsp3) is 0.464. The highest BCUT2D eigenvalue weighted by molar-refractivity contribution is 6.01. The Kier molecular flexibility index (Phi) is 8.56. The Balaban J connectivity index is 1.35. The second kappa shape index (κ2) is 12.4. The van der Waals surface area contributed by atoms with Gasteiger partial charge in [0.05, 0.1) is 30.5 Å². The van der Waals surface area contributed by atoms with E-state index >= 15 is 0 Å². The summed E-state index contributed by atoms with van der Waals surface area (Å²) >= 11 is 0. The number of ether oxygens (including phenoxy) is 3. The first-order chi connectivity index (χ1) is 20.0. The topological polar surface area (TPSA) is 159 Å². The van der Waals surface area contributed by atoms with Gasteiger partial charge >= 0.3 is 6.03 Å². The first kappa shape index (κ1) is 28.2. The third kappa shape index (κ3) is 5.77. The van der Waals surface area contributed by atoms with Gasteiger partial charge < -0.3 is 24.4 Å². The maximum absolute atomic E-state index is 13.4. The Morgan fingerprint density at radius 1 is 1.27 bits per heavy atom. The van der Waals surface area contributed by atoms with Crippen molar-refractivity contribution in [2.75, 3.05) is 56.1 Å². The van der Waals surface area contributed by atoms with E-state index in [-0.39, 0.29) is 29.8 Å². The van der Waals surface area contributed by atoms with Crippen LogP contribution in [0.5, 0.6) is 0 Å². The monoisotopic (exact) mass is 561 g/mol. The van der Waals surface area contributed by atoms with Crippen molar-refractivity contribution in [3.05, 3.63) is 46.4 Å². The van der Waals surface area contributed by atoms with Crippen LogP contribution in [0.3, 0.4) is 0 Å². The number of anilines is 3. The molecule has 5 rings (SSSR count). The van der Waals surface area contributed by atoms with E-state index in [2.05, 4.69) is 26.7 Å². The van der Waals surface area contributed by atoms with Crippen molar-refractivity contribution < 1.29 is 28.6 Å². The van der Waals surface area contributed by atoms with Gasteiger partial charge in [0, 0.05) is 51.7 Å². The van der Waals surface area contributed by atoms with E-state index in [9.17, 15) is 19.6 Å². The highest BCUT2D eigenvalue weighted by atomic mass is 16.5. The van der Waals surface area contributed by atoms with Crippen LogP contribution in [0.2, 0.25) is 0 Å². The number of fused-ring (bicyclic) bond motifs is 1. The number of nitriles is 1.